The first-order valence-corrected chi connectivity index (χ1v) is 7.31. The molecule has 1 aromatic carbocycles. The number of hydrogen-bond donors (Lipinski definition) is 0. The SMILES string of the molecule is CCCOc1ccc(N(C)c2ncc(C(F)(F)F)c(OC)n2)cc1. The van der Waals surface area contributed by atoms with E-state index in [1.165, 1.54) is 0 Å². The lowest BCUT2D eigenvalue weighted by Crippen LogP contribution is -2.16. The number of hydrogen-bond acceptors (Lipinski definition) is 5. The highest BCUT2D eigenvalue weighted by Crippen LogP contribution is 2.35. The Morgan fingerprint density at radius 1 is 1.17 bits per heavy atom. The molecule has 0 amide bonds. The van der Waals surface area contributed by atoms with Crippen molar-refractivity contribution in [1.29, 1.82) is 0 Å². The highest BCUT2D eigenvalue weighted by Gasteiger charge is 2.36. The standard InChI is InChI=1S/C16H18F3N3O2/c1-4-9-24-12-7-5-11(6-8-12)22(2)15-20-10-13(16(17,18)19)14(21-15)23-3/h5-8,10H,4,9H2,1-3H3. The topological polar surface area (TPSA) is 47.5 Å². The second-order valence-corrected chi connectivity index (χ2v) is 4.99. The van der Waals surface area contributed by atoms with Crippen LogP contribution in [0.1, 0.15) is 18.9 Å². The third-order valence-electron chi connectivity index (χ3n) is 3.24. The van der Waals surface area contributed by atoms with E-state index in [0.717, 1.165) is 25.5 Å². The van der Waals surface area contributed by atoms with E-state index in [1.54, 1.807) is 36.2 Å². The zero-order valence-corrected chi connectivity index (χ0v) is 13.6. The summed E-state index contributed by atoms with van der Waals surface area (Å²) >= 11 is 0. The van der Waals surface area contributed by atoms with Crippen LogP contribution in [-0.4, -0.2) is 30.7 Å². The first-order valence-electron chi connectivity index (χ1n) is 7.31. The number of rotatable bonds is 6. The summed E-state index contributed by atoms with van der Waals surface area (Å²) in [6.45, 7) is 2.63. The quantitative estimate of drug-likeness (QED) is 0.793. The Morgan fingerprint density at radius 2 is 1.83 bits per heavy atom. The minimum absolute atomic E-state index is 0.0991. The van der Waals surface area contributed by atoms with Crippen molar-refractivity contribution < 1.29 is 22.6 Å². The van der Waals surface area contributed by atoms with Crippen molar-refractivity contribution in [3.63, 3.8) is 0 Å². The number of benzene rings is 1. The second-order valence-electron chi connectivity index (χ2n) is 4.99. The summed E-state index contributed by atoms with van der Waals surface area (Å²) in [5.74, 6) is 0.309. The van der Waals surface area contributed by atoms with Crippen LogP contribution in [0.15, 0.2) is 30.5 Å². The molecule has 0 aliphatic heterocycles. The van der Waals surface area contributed by atoms with E-state index in [1.807, 2.05) is 6.92 Å². The van der Waals surface area contributed by atoms with Gasteiger partial charge in [-0.15, -0.1) is 0 Å². The van der Waals surface area contributed by atoms with Crippen molar-refractivity contribution in [3.05, 3.63) is 36.0 Å². The first-order chi connectivity index (χ1) is 11.4. The Morgan fingerprint density at radius 3 is 2.38 bits per heavy atom. The average molecular weight is 341 g/mol. The summed E-state index contributed by atoms with van der Waals surface area (Å²) in [4.78, 5) is 9.19. The Bertz CT molecular complexity index is 675. The van der Waals surface area contributed by atoms with Gasteiger partial charge in [0.15, 0.2) is 0 Å². The summed E-state index contributed by atoms with van der Waals surface area (Å²) in [6.07, 6.45) is -2.95. The molecule has 0 fully saturated rings. The molecule has 0 aliphatic rings. The molecule has 0 radical (unpaired) electrons. The van der Waals surface area contributed by atoms with Crippen LogP contribution < -0.4 is 14.4 Å². The Labute approximate surface area is 138 Å². The molecule has 0 unspecified atom stereocenters. The van der Waals surface area contributed by atoms with Gasteiger partial charge < -0.3 is 14.4 Å². The Kier molecular flexibility index (Phi) is 5.48. The molecule has 130 valence electrons. The number of methoxy groups -OCH3 is 1. The lowest BCUT2D eigenvalue weighted by molar-refractivity contribution is -0.139. The normalized spacial score (nSPS) is 11.2. The number of alkyl halides is 3. The molecule has 0 saturated heterocycles. The maximum absolute atomic E-state index is 12.8. The summed E-state index contributed by atoms with van der Waals surface area (Å²) in [5.41, 5.74) is -0.300. The van der Waals surface area contributed by atoms with Crippen molar-refractivity contribution in [2.45, 2.75) is 19.5 Å². The number of halogens is 3. The third-order valence-corrected chi connectivity index (χ3v) is 3.24. The van der Waals surface area contributed by atoms with Crippen LogP contribution in [0.2, 0.25) is 0 Å². The van der Waals surface area contributed by atoms with E-state index in [4.69, 9.17) is 9.47 Å². The summed E-state index contributed by atoms with van der Waals surface area (Å²) < 4.78 is 48.8. The van der Waals surface area contributed by atoms with Crippen molar-refractivity contribution in [1.82, 2.24) is 9.97 Å². The number of aromatic nitrogens is 2. The van der Waals surface area contributed by atoms with Gasteiger partial charge in [-0.2, -0.15) is 18.2 Å². The molecule has 0 bridgehead atoms. The van der Waals surface area contributed by atoms with Crippen LogP contribution in [-0.2, 0) is 6.18 Å². The number of ether oxygens (including phenoxy) is 2. The number of nitrogens with zero attached hydrogens (tertiary/aromatic N) is 3. The van der Waals surface area contributed by atoms with Gasteiger partial charge in [-0.05, 0) is 30.7 Å². The fourth-order valence-corrected chi connectivity index (χ4v) is 1.97. The predicted molar refractivity (Wildman–Crippen MR) is 83.9 cm³/mol. The maximum atomic E-state index is 12.8. The van der Waals surface area contributed by atoms with Crippen LogP contribution in [0.4, 0.5) is 24.8 Å². The molecule has 0 atom stereocenters. The van der Waals surface area contributed by atoms with E-state index in [-0.39, 0.29) is 5.95 Å². The highest BCUT2D eigenvalue weighted by molar-refractivity contribution is 5.58. The van der Waals surface area contributed by atoms with Crippen LogP contribution in [0.25, 0.3) is 0 Å². The van der Waals surface area contributed by atoms with E-state index in [0.29, 0.717) is 12.3 Å². The van der Waals surface area contributed by atoms with Crippen molar-refractivity contribution in [2.75, 3.05) is 25.7 Å². The largest absolute Gasteiger partial charge is 0.494 e. The maximum Gasteiger partial charge on any atom is 0.423 e. The van der Waals surface area contributed by atoms with Crippen LogP contribution in [0, 0.1) is 0 Å². The fraction of sp³-hybridized carbons (Fsp3) is 0.375. The van der Waals surface area contributed by atoms with Gasteiger partial charge in [0.05, 0.1) is 13.7 Å². The molecule has 0 aliphatic carbocycles. The third kappa shape index (κ3) is 4.06. The van der Waals surface area contributed by atoms with Gasteiger partial charge in [0.1, 0.15) is 11.3 Å². The van der Waals surface area contributed by atoms with Gasteiger partial charge >= 0.3 is 6.18 Å². The van der Waals surface area contributed by atoms with E-state index in [9.17, 15) is 13.2 Å². The monoisotopic (exact) mass is 341 g/mol. The number of anilines is 2. The molecular formula is C16H18F3N3O2. The molecular weight excluding hydrogens is 323 g/mol. The van der Waals surface area contributed by atoms with E-state index in [2.05, 4.69) is 9.97 Å². The van der Waals surface area contributed by atoms with Crippen molar-refractivity contribution in [2.24, 2.45) is 0 Å². The van der Waals surface area contributed by atoms with Gasteiger partial charge in [0, 0.05) is 18.9 Å². The van der Waals surface area contributed by atoms with Crippen molar-refractivity contribution >= 4 is 11.6 Å². The Hall–Kier alpha value is -2.51. The molecule has 24 heavy (non-hydrogen) atoms. The minimum Gasteiger partial charge on any atom is -0.494 e. The van der Waals surface area contributed by atoms with E-state index < -0.39 is 17.6 Å². The molecule has 2 aromatic rings. The summed E-state index contributed by atoms with van der Waals surface area (Å²) in [7, 11) is 2.80. The molecule has 0 N–H and O–H groups in total. The predicted octanol–water partition coefficient (Wildman–Crippen LogP) is 4.06. The van der Waals surface area contributed by atoms with Gasteiger partial charge in [-0.3, -0.25) is 0 Å². The molecule has 0 saturated carbocycles. The lowest BCUT2D eigenvalue weighted by Gasteiger charge is -2.19. The van der Waals surface area contributed by atoms with Gasteiger partial charge in [-0.1, -0.05) is 6.92 Å². The van der Waals surface area contributed by atoms with E-state index >= 15 is 0 Å². The van der Waals surface area contributed by atoms with Gasteiger partial charge in [0.2, 0.25) is 11.8 Å². The average Bonchev–Trinajstić information content (AvgIpc) is 2.58. The summed E-state index contributed by atoms with van der Waals surface area (Å²) in [5, 5.41) is 0. The molecule has 8 heteroatoms. The van der Waals surface area contributed by atoms with Gasteiger partial charge in [-0.25, -0.2) is 4.98 Å². The molecule has 1 aromatic heterocycles. The lowest BCUT2D eigenvalue weighted by atomic mass is 10.3. The zero-order chi connectivity index (χ0) is 17.7. The van der Waals surface area contributed by atoms with Crippen molar-refractivity contribution in [3.8, 4) is 11.6 Å². The fourth-order valence-electron chi connectivity index (χ4n) is 1.97. The Balaban J connectivity index is 2.24. The molecule has 0 spiro atoms. The highest BCUT2D eigenvalue weighted by atomic mass is 19.4. The molecule has 2 rings (SSSR count). The minimum atomic E-state index is -4.57. The molecule has 1 heterocycles. The second kappa shape index (κ2) is 7.37. The zero-order valence-electron chi connectivity index (χ0n) is 13.6. The smallest absolute Gasteiger partial charge is 0.423 e. The van der Waals surface area contributed by atoms with Crippen LogP contribution in [0.5, 0.6) is 11.6 Å². The summed E-state index contributed by atoms with van der Waals surface area (Å²) in [6, 6.07) is 7.11. The first kappa shape index (κ1) is 17.8. The molecule has 5 nitrogen and oxygen atoms in total. The van der Waals surface area contributed by atoms with Gasteiger partial charge in [0.25, 0.3) is 0 Å². The van der Waals surface area contributed by atoms with Crippen LogP contribution >= 0.6 is 0 Å². The van der Waals surface area contributed by atoms with Crippen LogP contribution in [0.3, 0.4) is 0 Å².